The molecule has 0 radical (unpaired) electrons. The number of rotatable bonds is 5. The summed E-state index contributed by atoms with van der Waals surface area (Å²) in [5, 5.41) is 0. The van der Waals surface area contributed by atoms with E-state index in [2.05, 4.69) is 240 Å². The zero-order valence-electron chi connectivity index (χ0n) is 36.3. The van der Waals surface area contributed by atoms with E-state index in [1.807, 2.05) is 0 Å². The van der Waals surface area contributed by atoms with Crippen LogP contribution < -0.4 is 26.2 Å². The Kier molecular flexibility index (Phi) is 8.26. The largest absolute Gasteiger partial charge is 0.311 e. The Labute approximate surface area is 362 Å². The monoisotopic (exact) mass is 786 g/mol. The number of hydrogen-bond donors (Lipinski definition) is 0. The first-order chi connectivity index (χ1) is 29.4. The van der Waals surface area contributed by atoms with Gasteiger partial charge in [-0.2, -0.15) is 0 Å². The summed E-state index contributed by atoms with van der Waals surface area (Å²) in [5.41, 5.74) is 22.8. The highest BCUT2D eigenvalue weighted by atomic mass is 15.2. The highest BCUT2D eigenvalue weighted by Crippen LogP contribution is 2.52. The van der Waals surface area contributed by atoms with E-state index in [0.29, 0.717) is 0 Å². The number of hydrogen-bond acceptors (Lipinski definition) is 2. The average molecular weight is 787 g/mol. The molecule has 0 saturated carbocycles. The van der Waals surface area contributed by atoms with Crippen LogP contribution in [0.2, 0.25) is 0 Å². The summed E-state index contributed by atoms with van der Waals surface area (Å²) < 4.78 is 0. The van der Waals surface area contributed by atoms with E-state index in [-0.39, 0.29) is 17.5 Å². The van der Waals surface area contributed by atoms with Crippen molar-refractivity contribution >= 4 is 57.2 Å². The maximum atomic E-state index is 2.58. The fraction of sp³-hybridized carbons (Fsp3) is 0.172. The molecule has 11 rings (SSSR count). The van der Waals surface area contributed by atoms with Gasteiger partial charge in [0.15, 0.2) is 0 Å². The van der Waals surface area contributed by atoms with Crippen molar-refractivity contribution in [3.63, 3.8) is 0 Å². The lowest BCUT2D eigenvalue weighted by molar-refractivity contribution is 0.590. The van der Waals surface area contributed by atoms with E-state index in [9.17, 15) is 0 Å². The molecule has 3 heteroatoms. The molecule has 8 aromatic carbocycles. The van der Waals surface area contributed by atoms with Crippen molar-refractivity contribution in [1.29, 1.82) is 0 Å². The minimum atomic E-state index is -0.403. The third-order valence-electron chi connectivity index (χ3n) is 13.9. The quantitative estimate of drug-likeness (QED) is 0.160. The maximum absolute atomic E-state index is 2.58. The molecule has 0 spiro atoms. The molecule has 3 heterocycles. The van der Waals surface area contributed by atoms with Crippen molar-refractivity contribution in [2.75, 3.05) is 9.80 Å². The van der Waals surface area contributed by atoms with Gasteiger partial charge >= 0.3 is 0 Å². The van der Waals surface area contributed by atoms with Gasteiger partial charge in [-0.25, -0.2) is 0 Å². The van der Waals surface area contributed by atoms with Crippen LogP contribution in [0.1, 0.15) is 76.3 Å². The van der Waals surface area contributed by atoms with Gasteiger partial charge in [-0.3, -0.25) is 0 Å². The molecule has 0 amide bonds. The Balaban J connectivity index is 1.21. The van der Waals surface area contributed by atoms with Crippen LogP contribution in [-0.4, -0.2) is 6.71 Å². The van der Waals surface area contributed by atoms with Crippen molar-refractivity contribution in [1.82, 2.24) is 0 Å². The molecule has 0 bridgehead atoms. The Hall–Kier alpha value is -6.58. The number of para-hydroxylation sites is 2. The fourth-order valence-electron chi connectivity index (χ4n) is 10.8. The zero-order valence-corrected chi connectivity index (χ0v) is 36.3. The molecule has 61 heavy (non-hydrogen) atoms. The van der Waals surface area contributed by atoms with E-state index >= 15 is 0 Å². The molecule has 296 valence electrons. The highest BCUT2D eigenvalue weighted by Gasteiger charge is 2.53. The predicted octanol–water partition coefficient (Wildman–Crippen LogP) is 13.4. The average Bonchev–Trinajstić information content (AvgIpc) is 3.28. The van der Waals surface area contributed by atoms with Gasteiger partial charge in [0, 0.05) is 39.3 Å². The summed E-state index contributed by atoms with van der Waals surface area (Å²) in [4.78, 5) is 5.17. The van der Waals surface area contributed by atoms with E-state index in [1.54, 1.807) is 0 Å². The van der Waals surface area contributed by atoms with E-state index < -0.39 is 5.41 Å². The lowest BCUT2D eigenvalue weighted by Crippen LogP contribution is -2.67. The second kappa shape index (κ2) is 13.5. The molecule has 0 N–H and O–H groups in total. The molecular weight excluding hydrogens is 735 g/mol. The van der Waals surface area contributed by atoms with Crippen molar-refractivity contribution in [3.05, 3.63) is 210 Å². The molecule has 3 aliphatic rings. The maximum Gasteiger partial charge on any atom is 0.252 e. The third-order valence-corrected chi connectivity index (χ3v) is 13.9. The number of anilines is 6. The van der Waals surface area contributed by atoms with E-state index in [4.69, 9.17) is 0 Å². The first-order valence-electron chi connectivity index (χ1n) is 21.9. The van der Waals surface area contributed by atoms with Gasteiger partial charge in [0.2, 0.25) is 0 Å². The van der Waals surface area contributed by atoms with Crippen LogP contribution in [0.15, 0.2) is 182 Å². The number of nitrogens with zero attached hydrogens (tertiary/aromatic N) is 2. The summed E-state index contributed by atoms with van der Waals surface area (Å²) in [6, 6.07) is 68.9. The van der Waals surface area contributed by atoms with Crippen molar-refractivity contribution < 1.29 is 0 Å². The minimum absolute atomic E-state index is 0.0596. The van der Waals surface area contributed by atoms with Crippen LogP contribution >= 0.6 is 0 Å². The standard InChI is InChI=1S/C58H51BN2/c1-56(2,3)40-34-30-38(31-35-40)43-20-11-13-24-47(43)60-49-26-15-22-45-53(49)59-54-46(58(45,7)42-18-9-8-10-19-42)23-16-27-50(54)61(52-29-17-28-51(60)55(52)59)48-25-14-12-21-44(48)39-32-36-41(37-33-39)57(4,5)6/h8-37H,1-7H3. The molecule has 0 atom stereocenters. The first kappa shape index (κ1) is 37.4. The normalized spacial score (nSPS) is 14.5. The van der Waals surface area contributed by atoms with Gasteiger partial charge in [0.1, 0.15) is 0 Å². The van der Waals surface area contributed by atoms with Crippen molar-refractivity contribution in [3.8, 4) is 22.3 Å². The Morgan fingerprint density at radius 2 is 0.721 bits per heavy atom. The molecule has 3 aliphatic heterocycles. The fourth-order valence-corrected chi connectivity index (χ4v) is 10.8. The molecule has 0 unspecified atom stereocenters. The molecular formula is C58H51BN2. The molecule has 2 nitrogen and oxygen atoms in total. The SMILES string of the molecule is CC(C)(C)c1ccc(-c2ccccc2N2c3cccc4c3B3c5c2cccc5C(C)(c2ccccc2)c2cccc(c23)N4c2ccccc2-c2ccc(C(C)(C)C)cc2)cc1. The topological polar surface area (TPSA) is 6.48 Å². The first-order valence-corrected chi connectivity index (χ1v) is 21.9. The smallest absolute Gasteiger partial charge is 0.252 e. The Bertz CT molecular complexity index is 2820. The highest BCUT2D eigenvalue weighted by molar-refractivity contribution is 7.01. The molecule has 8 aromatic rings. The van der Waals surface area contributed by atoms with Crippen LogP contribution in [0.5, 0.6) is 0 Å². The van der Waals surface area contributed by atoms with Crippen molar-refractivity contribution in [2.45, 2.75) is 64.7 Å². The van der Waals surface area contributed by atoms with Gasteiger partial charge in [-0.1, -0.05) is 187 Å². The Morgan fingerprint density at radius 1 is 0.361 bits per heavy atom. The second-order valence-corrected chi connectivity index (χ2v) is 19.5. The lowest BCUT2D eigenvalue weighted by atomic mass is 9.28. The van der Waals surface area contributed by atoms with Crippen LogP contribution in [0.25, 0.3) is 22.3 Å². The minimum Gasteiger partial charge on any atom is -0.311 e. The van der Waals surface area contributed by atoms with Gasteiger partial charge < -0.3 is 9.80 Å². The zero-order chi connectivity index (χ0) is 41.8. The van der Waals surface area contributed by atoms with Crippen LogP contribution in [-0.2, 0) is 16.2 Å². The van der Waals surface area contributed by atoms with Gasteiger partial charge in [0.25, 0.3) is 6.71 Å². The third kappa shape index (κ3) is 5.56. The summed E-state index contributed by atoms with van der Waals surface area (Å²) >= 11 is 0. The Morgan fingerprint density at radius 3 is 1.15 bits per heavy atom. The van der Waals surface area contributed by atoms with Crippen LogP contribution in [0.4, 0.5) is 34.1 Å². The lowest BCUT2D eigenvalue weighted by Gasteiger charge is -2.51. The summed E-state index contributed by atoms with van der Waals surface area (Å²) in [5.74, 6) is 0. The molecule has 0 aliphatic carbocycles. The van der Waals surface area contributed by atoms with Gasteiger partial charge in [-0.05, 0) is 109 Å². The summed E-state index contributed by atoms with van der Waals surface area (Å²) in [6.07, 6.45) is 0. The second-order valence-electron chi connectivity index (χ2n) is 19.5. The summed E-state index contributed by atoms with van der Waals surface area (Å²) in [6.45, 7) is 16.2. The molecule has 0 fully saturated rings. The van der Waals surface area contributed by atoms with Crippen LogP contribution in [0, 0.1) is 0 Å². The number of benzene rings is 8. The van der Waals surface area contributed by atoms with Gasteiger partial charge in [-0.15, -0.1) is 0 Å². The molecule has 0 aromatic heterocycles. The van der Waals surface area contributed by atoms with Crippen molar-refractivity contribution in [2.24, 2.45) is 0 Å². The van der Waals surface area contributed by atoms with Gasteiger partial charge in [0.05, 0.1) is 11.4 Å². The summed E-state index contributed by atoms with van der Waals surface area (Å²) in [7, 11) is 0. The van der Waals surface area contributed by atoms with Crippen LogP contribution in [0.3, 0.4) is 0 Å². The predicted molar refractivity (Wildman–Crippen MR) is 261 cm³/mol. The van der Waals surface area contributed by atoms with E-state index in [0.717, 1.165) is 0 Å². The molecule has 0 saturated heterocycles. The van der Waals surface area contributed by atoms with E-state index in [1.165, 1.54) is 101 Å².